The average molecular weight is 395 g/mol. The van der Waals surface area contributed by atoms with Crippen LogP contribution in [-0.4, -0.2) is 27.8 Å². The third-order valence-electron chi connectivity index (χ3n) is 4.60. The number of thiazole rings is 1. The van der Waals surface area contributed by atoms with Crippen LogP contribution in [0.5, 0.6) is 0 Å². The highest BCUT2D eigenvalue weighted by Crippen LogP contribution is 2.39. The van der Waals surface area contributed by atoms with E-state index in [0.29, 0.717) is 0 Å². The summed E-state index contributed by atoms with van der Waals surface area (Å²) in [6.45, 7) is 3.26. The van der Waals surface area contributed by atoms with E-state index in [0.717, 1.165) is 52.6 Å². The number of aromatic nitrogens is 3. The molecule has 0 atom stereocenters. The molecule has 1 aliphatic rings. The lowest BCUT2D eigenvalue weighted by atomic mass is 10.0. The fourth-order valence-corrected chi connectivity index (χ4v) is 4.70. The van der Waals surface area contributed by atoms with E-state index in [9.17, 15) is 0 Å². The van der Waals surface area contributed by atoms with Crippen LogP contribution >= 0.6 is 23.3 Å². The summed E-state index contributed by atoms with van der Waals surface area (Å²) in [6.07, 6.45) is 13.4. The summed E-state index contributed by atoms with van der Waals surface area (Å²) in [5.41, 5.74) is 5.75. The molecule has 27 heavy (non-hydrogen) atoms. The van der Waals surface area contributed by atoms with Gasteiger partial charge in [0.1, 0.15) is 5.01 Å². The Kier molecular flexibility index (Phi) is 5.55. The van der Waals surface area contributed by atoms with Crippen molar-refractivity contribution in [1.82, 2.24) is 15.0 Å². The summed E-state index contributed by atoms with van der Waals surface area (Å²) in [4.78, 5) is 14.9. The van der Waals surface area contributed by atoms with Gasteiger partial charge in [-0.15, -0.1) is 11.3 Å². The van der Waals surface area contributed by atoms with Gasteiger partial charge in [0.2, 0.25) is 0 Å². The first-order valence-electron chi connectivity index (χ1n) is 9.19. The number of unbranched alkanes of at least 4 members (excludes halogenated alkanes) is 1. The molecule has 138 valence electrons. The van der Waals surface area contributed by atoms with E-state index in [1.807, 2.05) is 24.5 Å². The van der Waals surface area contributed by atoms with Gasteiger partial charge in [-0.05, 0) is 42.7 Å². The van der Waals surface area contributed by atoms with Crippen LogP contribution in [-0.2, 0) is 0 Å². The molecule has 0 aromatic carbocycles. The van der Waals surface area contributed by atoms with E-state index in [-0.39, 0.29) is 0 Å². The Bertz CT molecular complexity index is 950. The molecule has 4 rings (SSSR count). The molecule has 0 N–H and O–H groups in total. The van der Waals surface area contributed by atoms with E-state index >= 15 is 0 Å². The second kappa shape index (κ2) is 8.23. The third kappa shape index (κ3) is 3.77. The molecule has 3 aromatic heterocycles. The molecule has 0 aliphatic carbocycles. The lowest BCUT2D eigenvalue weighted by molar-refractivity contribution is 0.926. The monoisotopic (exact) mass is 394 g/mol. The molecule has 6 heteroatoms. The summed E-state index contributed by atoms with van der Waals surface area (Å²) < 4.78 is 2.34. The largest absolute Gasteiger partial charge is 0.314 e. The molecule has 4 nitrogen and oxygen atoms in total. The van der Waals surface area contributed by atoms with Crippen molar-refractivity contribution in [2.24, 2.45) is 0 Å². The highest BCUT2D eigenvalue weighted by atomic mass is 32.2. The molecule has 0 fully saturated rings. The summed E-state index contributed by atoms with van der Waals surface area (Å²) in [5.74, 6) is 0. The maximum atomic E-state index is 5.05. The van der Waals surface area contributed by atoms with Crippen LogP contribution in [0.3, 0.4) is 0 Å². The fourth-order valence-electron chi connectivity index (χ4n) is 3.21. The van der Waals surface area contributed by atoms with Gasteiger partial charge in [0.25, 0.3) is 0 Å². The lowest BCUT2D eigenvalue weighted by Gasteiger charge is -2.30. The number of allylic oxidation sites excluding steroid dienone is 1. The first-order chi connectivity index (χ1) is 13.3. The first kappa shape index (κ1) is 18.2. The second-order valence-electron chi connectivity index (χ2n) is 6.39. The van der Waals surface area contributed by atoms with Gasteiger partial charge in [-0.3, -0.25) is 4.98 Å². The minimum absolute atomic E-state index is 0.977. The number of anilines is 1. The topological polar surface area (TPSA) is 41.9 Å². The van der Waals surface area contributed by atoms with E-state index in [4.69, 9.17) is 4.98 Å². The predicted molar refractivity (Wildman–Crippen MR) is 117 cm³/mol. The zero-order chi connectivity index (χ0) is 18.6. The van der Waals surface area contributed by atoms with Gasteiger partial charge >= 0.3 is 0 Å². The molecular formula is C21H22N4S2. The van der Waals surface area contributed by atoms with Crippen LogP contribution in [0.4, 0.5) is 5.69 Å². The quantitative estimate of drug-likeness (QED) is 0.501. The van der Waals surface area contributed by atoms with Gasteiger partial charge < -0.3 is 4.31 Å². The molecule has 0 saturated heterocycles. The molecule has 1 aliphatic heterocycles. The normalized spacial score (nSPS) is 15.2. The second-order valence-corrected chi connectivity index (χ2v) is 8.22. The van der Waals surface area contributed by atoms with Crippen molar-refractivity contribution in [3.63, 3.8) is 0 Å². The van der Waals surface area contributed by atoms with Crippen molar-refractivity contribution >= 4 is 34.5 Å². The van der Waals surface area contributed by atoms with Crippen molar-refractivity contribution in [1.29, 1.82) is 0 Å². The first-order valence-corrected chi connectivity index (χ1v) is 11.2. The third-order valence-corrected chi connectivity index (χ3v) is 6.49. The molecule has 0 bridgehead atoms. The molecular weight excluding hydrogens is 372 g/mol. The Morgan fingerprint density at radius 2 is 2.19 bits per heavy atom. The highest BCUT2D eigenvalue weighted by Gasteiger charge is 2.22. The van der Waals surface area contributed by atoms with E-state index in [1.54, 1.807) is 29.5 Å². The number of fused-ring (bicyclic) bond motifs is 1. The standard InChI is InChI=1S/C21H22N4S2/c1-3-4-6-15-10-12-25(26-2)18-9-8-17(24-20(15)18)19-14-23-21(27-19)16-7-5-11-22-13-16/h5-9,11,13-14H,3-4,10,12H2,1-2H3/b15-6+. The number of hydrogen-bond donors (Lipinski definition) is 0. The van der Waals surface area contributed by atoms with Crippen LogP contribution in [0, 0.1) is 0 Å². The minimum atomic E-state index is 0.977. The van der Waals surface area contributed by atoms with E-state index in [2.05, 4.69) is 45.7 Å². The SMILES string of the molecule is CCC/C=C1\CCN(SC)c2ccc(-c3cnc(-c4cccnc4)s3)nc21. The number of pyridine rings is 2. The van der Waals surface area contributed by atoms with Crippen molar-refractivity contribution in [3.05, 3.63) is 54.6 Å². The van der Waals surface area contributed by atoms with Crippen molar-refractivity contribution < 1.29 is 0 Å². The molecule has 3 aromatic rings. The Morgan fingerprint density at radius 1 is 1.26 bits per heavy atom. The zero-order valence-electron chi connectivity index (χ0n) is 15.6. The summed E-state index contributed by atoms with van der Waals surface area (Å²) in [7, 11) is 0. The van der Waals surface area contributed by atoms with Crippen LogP contribution in [0.25, 0.3) is 26.7 Å². The number of nitrogens with zero attached hydrogens (tertiary/aromatic N) is 4. The summed E-state index contributed by atoms with van der Waals surface area (Å²) in [5, 5.41) is 0.977. The Morgan fingerprint density at radius 3 is 2.96 bits per heavy atom. The Hall–Kier alpha value is -2.18. The van der Waals surface area contributed by atoms with Gasteiger partial charge in [0, 0.05) is 37.0 Å². The van der Waals surface area contributed by atoms with Crippen LogP contribution in [0.2, 0.25) is 0 Å². The van der Waals surface area contributed by atoms with Crippen molar-refractivity contribution in [3.8, 4) is 21.1 Å². The molecule has 0 saturated carbocycles. The van der Waals surface area contributed by atoms with E-state index in [1.165, 1.54) is 11.3 Å². The van der Waals surface area contributed by atoms with Gasteiger partial charge in [-0.1, -0.05) is 31.4 Å². The molecule has 0 spiro atoms. The fraction of sp³-hybridized carbons (Fsp3) is 0.286. The minimum Gasteiger partial charge on any atom is -0.314 e. The summed E-state index contributed by atoms with van der Waals surface area (Å²) >= 11 is 3.43. The Balaban J connectivity index is 1.72. The van der Waals surface area contributed by atoms with Crippen molar-refractivity contribution in [2.45, 2.75) is 26.2 Å². The van der Waals surface area contributed by atoms with Crippen LogP contribution in [0.1, 0.15) is 31.9 Å². The molecule has 0 unspecified atom stereocenters. The van der Waals surface area contributed by atoms with Gasteiger partial charge in [0.15, 0.2) is 0 Å². The summed E-state index contributed by atoms with van der Waals surface area (Å²) in [6, 6.07) is 8.30. The zero-order valence-corrected chi connectivity index (χ0v) is 17.2. The lowest BCUT2D eigenvalue weighted by Crippen LogP contribution is -2.22. The maximum Gasteiger partial charge on any atom is 0.125 e. The van der Waals surface area contributed by atoms with Gasteiger partial charge in [0.05, 0.1) is 22.0 Å². The van der Waals surface area contributed by atoms with Gasteiger partial charge in [-0.2, -0.15) is 0 Å². The average Bonchev–Trinajstić information content (AvgIpc) is 3.22. The molecule has 4 heterocycles. The highest BCUT2D eigenvalue weighted by molar-refractivity contribution is 8.00. The smallest absolute Gasteiger partial charge is 0.125 e. The number of hydrogen-bond acceptors (Lipinski definition) is 6. The predicted octanol–water partition coefficient (Wildman–Crippen LogP) is 5.94. The molecule has 0 radical (unpaired) electrons. The van der Waals surface area contributed by atoms with Crippen LogP contribution < -0.4 is 4.31 Å². The number of rotatable bonds is 5. The van der Waals surface area contributed by atoms with Crippen LogP contribution in [0.15, 0.2) is 48.9 Å². The van der Waals surface area contributed by atoms with Gasteiger partial charge in [-0.25, -0.2) is 9.97 Å². The molecule has 0 amide bonds. The van der Waals surface area contributed by atoms with E-state index < -0.39 is 0 Å². The Labute approximate surface area is 168 Å². The maximum absolute atomic E-state index is 5.05. The van der Waals surface area contributed by atoms with Crippen molar-refractivity contribution in [2.75, 3.05) is 17.1 Å².